The van der Waals surface area contributed by atoms with E-state index in [1.54, 1.807) is 24.3 Å². The average Bonchev–Trinajstić information content (AvgIpc) is 3.08. The van der Waals surface area contributed by atoms with Crippen LogP contribution in [0, 0.1) is 6.92 Å². The van der Waals surface area contributed by atoms with Crippen LogP contribution in [0.4, 0.5) is 5.69 Å². The highest BCUT2D eigenvalue weighted by Crippen LogP contribution is 2.29. The Labute approximate surface area is 169 Å². The molecule has 8 heteroatoms. The molecule has 0 fully saturated rings. The normalized spacial score (nSPS) is 10.9. The molecule has 0 aliphatic rings. The van der Waals surface area contributed by atoms with Crippen LogP contribution in [0.15, 0.2) is 59.4 Å². The second-order valence-electron chi connectivity index (χ2n) is 6.14. The van der Waals surface area contributed by atoms with Crippen molar-refractivity contribution in [2.75, 3.05) is 5.32 Å². The number of aryl methyl sites for hydroxylation is 1. The summed E-state index contributed by atoms with van der Waals surface area (Å²) in [6, 6.07) is 16.3. The molecule has 0 saturated carbocycles. The zero-order chi connectivity index (χ0) is 19.7. The SMILES string of the molecule is Cc1nc2c(=O)n(CC(=O)Nc3ccc(Cl)cc3)nc(-c3ccccc3)c2s1. The smallest absolute Gasteiger partial charge is 0.294 e. The molecule has 140 valence electrons. The Balaban J connectivity index is 1.72. The fourth-order valence-electron chi connectivity index (χ4n) is 2.83. The molecule has 0 aliphatic carbocycles. The van der Waals surface area contributed by atoms with Gasteiger partial charge in [-0.1, -0.05) is 41.9 Å². The summed E-state index contributed by atoms with van der Waals surface area (Å²) >= 11 is 7.28. The Morgan fingerprint density at radius 3 is 2.57 bits per heavy atom. The fourth-order valence-corrected chi connectivity index (χ4v) is 3.87. The molecular formula is C20H15ClN4O2S. The van der Waals surface area contributed by atoms with E-state index < -0.39 is 0 Å². The van der Waals surface area contributed by atoms with Crippen molar-refractivity contribution in [3.63, 3.8) is 0 Å². The summed E-state index contributed by atoms with van der Waals surface area (Å²) in [4.78, 5) is 29.6. The standard InChI is InChI=1S/C20H15ClN4O2S/c1-12-22-18-19(28-12)17(13-5-3-2-4-6-13)24-25(20(18)27)11-16(26)23-15-9-7-14(21)8-10-15/h2-10H,11H2,1H3,(H,23,26). The van der Waals surface area contributed by atoms with Crippen molar-refractivity contribution >= 4 is 44.7 Å². The summed E-state index contributed by atoms with van der Waals surface area (Å²) in [6.45, 7) is 1.63. The number of aromatic nitrogens is 3. The fraction of sp³-hybridized carbons (Fsp3) is 0.100. The number of hydrogen-bond acceptors (Lipinski definition) is 5. The van der Waals surface area contributed by atoms with Crippen LogP contribution in [0.5, 0.6) is 0 Å². The predicted molar refractivity (Wildman–Crippen MR) is 112 cm³/mol. The number of thiazole rings is 1. The van der Waals surface area contributed by atoms with Crippen molar-refractivity contribution in [1.29, 1.82) is 0 Å². The topological polar surface area (TPSA) is 76.9 Å². The van der Waals surface area contributed by atoms with E-state index in [1.807, 2.05) is 37.3 Å². The largest absolute Gasteiger partial charge is 0.324 e. The predicted octanol–water partition coefficient (Wildman–Crippen LogP) is 4.12. The molecule has 0 spiro atoms. The lowest BCUT2D eigenvalue weighted by Gasteiger charge is -2.09. The van der Waals surface area contributed by atoms with Crippen molar-refractivity contribution in [3.05, 3.63) is 75.0 Å². The van der Waals surface area contributed by atoms with Gasteiger partial charge in [0.05, 0.1) is 9.71 Å². The second kappa shape index (κ2) is 7.53. The highest BCUT2D eigenvalue weighted by Gasteiger charge is 2.17. The number of nitrogens with one attached hydrogen (secondary N) is 1. The van der Waals surface area contributed by atoms with Crippen molar-refractivity contribution in [2.45, 2.75) is 13.5 Å². The number of halogens is 1. The third kappa shape index (κ3) is 3.67. The van der Waals surface area contributed by atoms with Gasteiger partial charge >= 0.3 is 0 Å². The first kappa shape index (κ1) is 18.3. The number of carbonyl (C=O) groups excluding carboxylic acids is 1. The third-order valence-corrected chi connectivity index (χ3v) is 5.30. The van der Waals surface area contributed by atoms with Gasteiger partial charge in [-0.05, 0) is 31.2 Å². The molecule has 28 heavy (non-hydrogen) atoms. The monoisotopic (exact) mass is 410 g/mol. The maximum Gasteiger partial charge on any atom is 0.294 e. The van der Waals surface area contributed by atoms with E-state index in [0.717, 1.165) is 20.0 Å². The molecule has 4 rings (SSSR count). The lowest BCUT2D eigenvalue weighted by atomic mass is 10.1. The van der Waals surface area contributed by atoms with E-state index in [2.05, 4.69) is 15.4 Å². The van der Waals surface area contributed by atoms with Crippen LogP contribution in [-0.2, 0) is 11.3 Å². The summed E-state index contributed by atoms with van der Waals surface area (Å²) < 4.78 is 1.89. The van der Waals surface area contributed by atoms with E-state index in [4.69, 9.17) is 11.6 Å². The molecule has 0 bridgehead atoms. The minimum absolute atomic E-state index is 0.214. The molecule has 4 aromatic rings. The molecule has 0 radical (unpaired) electrons. The Hall–Kier alpha value is -3.03. The quantitative estimate of drug-likeness (QED) is 0.549. The number of anilines is 1. The van der Waals surface area contributed by atoms with Crippen molar-refractivity contribution in [3.8, 4) is 11.3 Å². The molecule has 1 amide bonds. The first-order valence-electron chi connectivity index (χ1n) is 8.50. The summed E-state index contributed by atoms with van der Waals surface area (Å²) in [7, 11) is 0. The number of benzene rings is 2. The van der Waals surface area contributed by atoms with Crippen molar-refractivity contribution < 1.29 is 4.79 Å². The summed E-state index contributed by atoms with van der Waals surface area (Å²) in [6.07, 6.45) is 0. The first-order valence-corrected chi connectivity index (χ1v) is 9.70. The number of hydrogen-bond donors (Lipinski definition) is 1. The van der Waals surface area contributed by atoms with Crippen LogP contribution in [0.25, 0.3) is 21.5 Å². The van der Waals surface area contributed by atoms with Crippen LogP contribution in [-0.4, -0.2) is 20.7 Å². The molecule has 2 aromatic heterocycles. The minimum Gasteiger partial charge on any atom is -0.324 e. The summed E-state index contributed by atoms with van der Waals surface area (Å²) in [5.74, 6) is -0.359. The van der Waals surface area contributed by atoms with Gasteiger partial charge in [-0.15, -0.1) is 11.3 Å². The van der Waals surface area contributed by atoms with E-state index >= 15 is 0 Å². The van der Waals surface area contributed by atoms with E-state index in [-0.39, 0.29) is 18.0 Å². The Morgan fingerprint density at radius 2 is 1.86 bits per heavy atom. The molecule has 2 heterocycles. The number of nitrogens with zero attached hydrogens (tertiary/aromatic N) is 3. The molecule has 0 aliphatic heterocycles. The van der Waals surface area contributed by atoms with Crippen LogP contribution in [0.1, 0.15) is 5.01 Å². The van der Waals surface area contributed by atoms with Crippen LogP contribution >= 0.6 is 22.9 Å². The van der Waals surface area contributed by atoms with Crippen molar-refractivity contribution in [1.82, 2.24) is 14.8 Å². The highest BCUT2D eigenvalue weighted by molar-refractivity contribution is 7.19. The second-order valence-corrected chi connectivity index (χ2v) is 7.78. The molecule has 1 N–H and O–H groups in total. The van der Waals surface area contributed by atoms with Crippen LogP contribution in [0.2, 0.25) is 5.02 Å². The average molecular weight is 411 g/mol. The zero-order valence-electron chi connectivity index (χ0n) is 14.8. The molecule has 6 nitrogen and oxygen atoms in total. The molecule has 0 saturated heterocycles. The Bertz CT molecular complexity index is 1220. The Kier molecular flexibility index (Phi) is 4.93. The molecule has 0 unspecified atom stereocenters. The van der Waals surface area contributed by atoms with Gasteiger partial charge in [0.15, 0.2) is 5.52 Å². The number of amides is 1. The third-order valence-electron chi connectivity index (χ3n) is 4.08. The van der Waals surface area contributed by atoms with Gasteiger partial charge in [0.25, 0.3) is 5.56 Å². The van der Waals surface area contributed by atoms with E-state index in [0.29, 0.717) is 21.9 Å². The number of carbonyl (C=O) groups is 1. The maximum absolute atomic E-state index is 12.8. The van der Waals surface area contributed by atoms with Crippen molar-refractivity contribution in [2.24, 2.45) is 0 Å². The van der Waals surface area contributed by atoms with Gasteiger partial charge in [-0.2, -0.15) is 5.10 Å². The van der Waals surface area contributed by atoms with Gasteiger partial charge < -0.3 is 5.32 Å². The van der Waals surface area contributed by atoms with Crippen LogP contribution < -0.4 is 10.9 Å². The van der Waals surface area contributed by atoms with Crippen LogP contribution in [0.3, 0.4) is 0 Å². The van der Waals surface area contributed by atoms with E-state index in [9.17, 15) is 9.59 Å². The van der Waals surface area contributed by atoms with Gasteiger partial charge in [0.1, 0.15) is 12.2 Å². The Morgan fingerprint density at radius 1 is 1.14 bits per heavy atom. The summed E-state index contributed by atoms with van der Waals surface area (Å²) in [5, 5.41) is 8.56. The van der Waals surface area contributed by atoms with Gasteiger partial charge in [-0.25, -0.2) is 9.67 Å². The lowest BCUT2D eigenvalue weighted by Crippen LogP contribution is -2.30. The maximum atomic E-state index is 12.8. The molecule has 0 atom stereocenters. The number of rotatable bonds is 4. The molecular weight excluding hydrogens is 396 g/mol. The highest BCUT2D eigenvalue weighted by atomic mass is 35.5. The first-order chi connectivity index (χ1) is 13.5. The zero-order valence-corrected chi connectivity index (χ0v) is 16.4. The molecule has 2 aromatic carbocycles. The van der Waals surface area contributed by atoms with Gasteiger partial charge in [0.2, 0.25) is 5.91 Å². The lowest BCUT2D eigenvalue weighted by molar-refractivity contribution is -0.117. The van der Waals surface area contributed by atoms with E-state index in [1.165, 1.54) is 11.3 Å². The summed E-state index contributed by atoms with van der Waals surface area (Å²) in [5.41, 5.74) is 2.04. The number of fused-ring (bicyclic) bond motifs is 1. The minimum atomic E-state index is -0.384. The van der Waals surface area contributed by atoms with Gasteiger partial charge in [-0.3, -0.25) is 9.59 Å². The van der Waals surface area contributed by atoms with Gasteiger partial charge in [0, 0.05) is 16.3 Å².